The molecule has 1 amide bonds. The molecule has 0 spiro atoms. The van der Waals surface area contributed by atoms with Crippen molar-refractivity contribution < 1.29 is 9.59 Å². The first kappa shape index (κ1) is 7.54. The van der Waals surface area contributed by atoms with E-state index in [0.717, 1.165) is 18.8 Å². The van der Waals surface area contributed by atoms with E-state index >= 15 is 0 Å². The highest BCUT2D eigenvalue weighted by Gasteiger charge is 2.60. The van der Waals surface area contributed by atoms with E-state index in [-0.39, 0.29) is 17.2 Å². The van der Waals surface area contributed by atoms with Gasteiger partial charge in [-0.05, 0) is 31.6 Å². The normalized spacial score (nSPS) is 31.2. The molecular formula is C10H13NO2. The summed E-state index contributed by atoms with van der Waals surface area (Å²) in [6, 6.07) is 0. The number of amides is 1. The van der Waals surface area contributed by atoms with Crippen LogP contribution in [0.25, 0.3) is 0 Å². The summed E-state index contributed by atoms with van der Waals surface area (Å²) in [6.45, 7) is 0.689. The van der Waals surface area contributed by atoms with Gasteiger partial charge >= 0.3 is 0 Å². The zero-order chi connectivity index (χ0) is 9.05. The Morgan fingerprint density at radius 3 is 2.31 bits per heavy atom. The molecular weight excluding hydrogens is 166 g/mol. The van der Waals surface area contributed by atoms with Crippen molar-refractivity contribution in [2.75, 3.05) is 6.54 Å². The highest BCUT2D eigenvalue weighted by Crippen LogP contribution is 2.58. The smallest absolute Gasteiger partial charge is 0.290 e. The number of carbonyl (C=O) groups excluding carboxylic acids is 2. The van der Waals surface area contributed by atoms with E-state index in [2.05, 4.69) is 0 Å². The average Bonchev–Trinajstić information content (AvgIpc) is 2.99. The van der Waals surface area contributed by atoms with E-state index in [4.69, 9.17) is 0 Å². The molecule has 1 aliphatic heterocycles. The Balaban J connectivity index is 1.85. The summed E-state index contributed by atoms with van der Waals surface area (Å²) in [6.07, 6.45) is 5.25. The molecule has 70 valence electrons. The Morgan fingerprint density at radius 1 is 1.23 bits per heavy atom. The Morgan fingerprint density at radius 2 is 1.92 bits per heavy atom. The van der Waals surface area contributed by atoms with E-state index in [0.29, 0.717) is 13.0 Å². The zero-order valence-electron chi connectivity index (χ0n) is 7.58. The summed E-state index contributed by atoms with van der Waals surface area (Å²) in [5.74, 6) is 0.346. The third-order valence-corrected chi connectivity index (χ3v) is 3.68. The summed E-state index contributed by atoms with van der Waals surface area (Å²) < 4.78 is 0. The molecule has 1 saturated heterocycles. The number of nitrogens with zero attached hydrogens (tertiary/aromatic N) is 1. The summed E-state index contributed by atoms with van der Waals surface area (Å²) in [5, 5.41) is 0. The van der Waals surface area contributed by atoms with Crippen LogP contribution in [0, 0.1) is 5.92 Å². The van der Waals surface area contributed by atoms with Gasteiger partial charge in [0.15, 0.2) is 0 Å². The van der Waals surface area contributed by atoms with Gasteiger partial charge in [0.05, 0.1) is 0 Å². The molecule has 0 N–H and O–H groups in total. The van der Waals surface area contributed by atoms with Crippen LogP contribution >= 0.6 is 0 Å². The van der Waals surface area contributed by atoms with Gasteiger partial charge in [0.2, 0.25) is 5.78 Å². The molecule has 2 saturated carbocycles. The molecule has 3 fully saturated rings. The Labute approximate surface area is 77.1 Å². The largest absolute Gasteiger partial charge is 0.330 e. The lowest BCUT2D eigenvalue weighted by molar-refractivity contribution is -0.142. The van der Waals surface area contributed by atoms with Gasteiger partial charge in [-0.15, -0.1) is 0 Å². The van der Waals surface area contributed by atoms with E-state index in [1.54, 1.807) is 0 Å². The third kappa shape index (κ3) is 0.901. The van der Waals surface area contributed by atoms with Crippen LogP contribution in [0.15, 0.2) is 0 Å². The number of Topliss-reactive ketones (excluding diaryl/α,β-unsaturated/α-hetero) is 1. The van der Waals surface area contributed by atoms with Crippen LogP contribution in [0.4, 0.5) is 0 Å². The predicted octanol–water partition coefficient (Wildman–Crippen LogP) is 0.730. The van der Waals surface area contributed by atoms with Crippen LogP contribution in [0.2, 0.25) is 0 Å². The maximum atomic E-state index is 11.5. The van der Waals surface area contributed by atoms with Gasteiger partial charge in [0, 0.05) is 18.5 Å². The molecule has 3 nitrogen and oxygen atoms in total. The number of likely N-dealkylation sites (tertiary alicyclic amines) is 1. The van der Waals surface area contributed by atoms with Crippen molar-refractivity contribution in [3.8, 4) is 0 Å². The van der Waals surface area contributed by atoms with Crippen molar-refractivity contribution in [3.05, 3.63) is 0 Å². The second-order valence-electron chi connectivity index (χ2n) is 4.51. The molecule has 13 heavy (non-hydrogen) atoms. The standard InChI is InChI=1S/C10H13NO2/c12-8-3-6-11(9(8)13)10(4-5-10)7-1-2-7/h7H,1-6H2. The zero-order valence-corrected chi connectivity index (χ0v) is 7.58. The van der Waals surface area contributed by atoms with Crippen LogP contribution in [0.3, 0.4) is 0 Å². The maximum Gasteiger partial charge on any atom is 0.290 e. The molecule has 0 aromatic rings. The van der Waals surface area contributed by atoms with E-state index in [1.807, 2.05) is 4.90 Å². The molecule has 0 aromatic heterocycles. The molecule has 0 aromatic carbocycles. The number of hydrogen-bond acceptors (Lipinski definition) is 2. The molecule has 0 bridgehead atoms. The Kier molecular flexibility index (Phi) is 1.24. The highest BCUT2D eigenvalue weighted by atomic mass is 16.2. The first-order valence-corrected chi connectivity index (χ1v) is 5.09. The highest BCUT2D eigenvalue weighted by molar-refractivity contribution is 6.38. The van der Waals surface area contributed by atoms with Crippen molar-refractivity contribution in [1.29, 1.82) is 0 Å². The van der Waals surface area contributed by atoms with Gasteiger partial charge in [0.1, 0.15) is 0 Å². The van der Waals surface area contributed by atoms with Crippen LogP contribution in [-0.2, 0) is 9.59 Å². The summed E-state index contributed by atoms with van der Waals surface area (Å²) in [7, 11) is 0. The lowest BCUT2D eigenvalue weighted by Gasteiger charge is -2.26. The minimum atomic E-state index is -0.204. The Bertz CT molecular complexity index is 289. The topological polar surface area (TPSA) is 37.4 Å². The van der Waals surface area contributed by atoms with E-state index < -0.39 is 0 Å². The van der Waals surface area contributed by atoms with Crippen molar-refractivity contribution in [1.82, 2.24) is 4.90 Å². The van der Waals surface area contributed by atoms with Crippen LogP contribution in [0.1, 0.15) is 32.1 Å². The molecule has 1 heterocycles. The molecule has 0 radical (unpaired) electrons. The van der Waals surface area contributed by atoms with Crippen LogP contribution in [-0.4, -0.2) is 28.7 Å². The van der Waals surface area contributed by atoms with E-state index in [1.165, 1.54) is 12.8 Å². The molecule has 2 aliphatic carbocycles. The molecule has 0 unspecified atom stereocenters. The molecule has 0 atom stereocenters. The van der Waals surface area contributed by atoms with Crippen molar-refractivity contribution in [2.45, 2.75) is 37.6 Å². The predicted molar refractivity (Wildman–Crippen MR) is 46.0 cm³/mol. The second kappa shape index (κ2) is 2.14. The first-order valence-electron chi connectivity index (χ1n) is 5.09. The lowest BCUT2D eigenvalue weighted by atomic mass is 10.1. The minimum absolute atomic E-state index is 0.156. The minimum Gasteiger partial charge on any atom is -0.330 e. The van der Waals surface area contributed by atoms with Gasteiger partial charge in [0.25, 0.3) is 5.91 Å². The first-order chi connectivity index (χ1) is 6.24. The van der Waals surface area contributed by atoms with Crippen LogP contribution in [0.5, 0.6) is 0 Å². The number of hydrogen-bond donors (Lipinski definition) is 0. The molecule has 3 rings (SSSR count). The quantitative estimate of drug-likeness (QED) is 0.586. The molecule has 3 heteroatoms. The van der Waals surface area contributed by atoms with Crippen molar-refractivity contribution in [3.63, 3.8) is 0 Å². The fraction of sp³-hybridized carbons (Fsp3) is 0.800. The van der Waals surface area contributed by atoms with Gasteiger partial charge in [-0.2, -0.15) is 0 Å². The number of rotatable bonds is 2. The second-order valence-corrected chi connectivity index (χ2v) is 4.51. The average molecular weight is 179 g/mol. The fourth-order valence-electron chi connectivity index (χ4n) is 2.64. The summed E-state index contributed by atoms with van der Waals surface area (Å²) in [4.78, 5) is 24.5. The number of ketones is 1. The number of carbonyl (C=O) groups is 2. The molecule has 3 aliphatic rings. The monoisotopic (exact) mass is 179 g/mol. The van der Waals surface area contributed by atoms with Gasteiger partial charge in [-0.25, -0.2) is 0 Å². The van der Waals surface area contributed by atoms with Crippen molar-refractivity contribution >= 4 is 11.7 Å². The lowest BCUT2D eigenvalue weighted by Crippen LogP contribution is -2.41. The van der Waals surface area contributed by atoms with Crippen LogP contribution < -0.4 is 0 Å². The van der Waals surface area contributed by atoms with Gasteiger partial charge in [-0.1, -0.05) is 0 Å². The Hall–Kier alpha value is -0.860. The fourth-order valence-corrected chi connectivity index (χ4v) is 2.64. The van der Waals surface area contributed by atoms with Gasteiger partial charge < -0.3 is 4.90 Å². The van der Waals surface area contributed by atoms with E-state index in [9.17, 15) is 9.59 Å². The maximum absolute atomic E-state index is 11.5. The summed E-state index contributed by atoms with van der Waals surface area (Å²) in [5.41, 5.74) is 0.156. The third-order valence-electron chi connectivity index (χ3n) is 3.68. The summed E-state index contributed by atoms with van der Waals surface area (Å²) >= 11 is 0. The van der Waals surface area contributed by atoms with Crippen molar-refractivity contribution in [2.24, 2.45) is 5.92 Å². The van der Waals surface area contributed by atoms with Gasteiger partial charge in [-0.3, -0.25) is 9.59 Å². The SMILES string of the molecule is O=C1CCN(C2(C3CC3)CC2)C1=O.